The Morgan fingerprint density at radius 1 is 1.06 bits per heavy atom. The fourth-order valence-corrected chi connectivity index (χ4v) is 4.22. The second-order valence-corrected chi connectivity index (χ2v) is 8.60. The molecule has 0 spiro atoms. The van der Waals surface area contributed by atoms with E-state index in [1.807, 2.05) is 48.8 Å². The van der Waals surface area contributed by atoms with Gasteiger partial charge in [-0.1, -0.05) is 32.0 Å². The summed E-state index contributed by atoms with van der Waals surface area (Å²) in [5.41, 5.74) is 2.13. The van der Waals surface area contributed by atoms with E-state index in [0.717, 1.165) is 31.7 Å². The zero-order valence-corrected chi connectivity index (χ0v) is 20.0. The highest BCUT2D eigenvalue weighted by Gasteiger charge is 2.26. The summed E-state index contributed by atoms with van der Waals surface area (Å²) >= 11 is 0. The number of carbonyl (C=O) groups excluding carboxylic acids is 2. The van der Waals surface area contributed by atoms with Crippen molar-refractivity contribution < 1.29 is 9.59 Å². The lowest BCUT2D eigenvalue weighted by atomic mass is 10.0. The zero-order chi connectivity index (χ0) is 23.3. The molecular weight excluding hydrogens is 404 g/mol. The van der Waals surface area contributed by atoms with Crippen molar-refractivity contribution in [2.75, 3.05) is 45.8 Å². The largest absolute Gasteiger partial charge is 0.342 e. The Hall–Kier alpha value is -2.74. The first-order chi connectivity index (χ1) is 15.3. The topological polar surface area (TPSA) is 74.6 Å². The molecule has 2 heterocycles. The van der Waals surface area contributed by atoms with Crippen LogP contribution < -0.4 is 0 Å². The normalized spacial score (nSPS) is 15.1. The third-order valence-corrected chi connectivity index (χ3v) is 6.10. The van der Waals surface area contributed by atoms with Crippen molar-refractivity contribution in [3.8, 4) is 5.69 Å². The van der Waals surface area contributed by atoms with E-state index in [-0.39, 0.29) is 17.6 Å². The van der Waals surface area contributed by atoms with Gasteiger partial charge in [-0.2, -0.15) is 0 Å². The molecule has 8 nitrogen and oxygen atoms in total. The van der Waals surface area contributed by atoms with Crippen molar-refractivity contribution in [1.82, 2.24) is 29.5 Å². The van der Waals surface area contributed by atoms with E-state index in [0.29, 0.717) is 37.9 Å². The van der Waals surface area contributed by atoms with Crippen LogP contribution in [-0.4, -0.2) is 87.1 Å². The molecule has 2 amide bonds. The lowest BCUT2D eigenvalue weighted by molar-refractivity contribution is -0.132. The third-order valence-electron chi connectivity index (χ3n) is 6.10. The number of hydrogen-bond acceptors (Lipinski definition) is 5. The van der Waals surface area contributed by atoms with Crippen LogP contribution in [0.3, 0.4) is 0 Å². The molecule has 0 unspecified atom stereocenters. The fourth-order valence-electron chi connectivity index (χ4n) is 4.22. The standard InChI is InChI=1S/C24H36N6O2/c1-6-28(7-2)22(31)17-27-13-10-14-29(16-15-27)24(32)23-25-19(5)30(26-23)21-12-9-8-11-20(21)18(3)4/h8-9,11-12,18H,6-7,10,13-17H2,1-5H3. The molecule has 3 rings (SSSR count). The van der Waals surface area contributed by atoms with E-state index < -0.39 is 0 Å². The van der Waals surface area contributed by atoms with E-state index in [4.69, 9.17) is 0 Å². The van der Waals surface area contributed by atoms with Crippen LogP contribution >= 0.6 is 0 Å². The van der Waals surface area contributed by atoms with E-state index in [1.54, 1.807) is 4.68 Å². The SMILES string of the molecule is CCN(CC)C(=O)CN1CCCN(C(=O)c2nc(C)n(-c3ccccc3C(C)C)n2)CC1. The monoisotopic (exact) mass is 440 g/mol. The van der Waals surface area contributed by atoms with Crippen LogP contribution in [-0.2, 0) is 4.79 Å². The summed E-state index contributed by atoms with van der Waals surface area (Å²) in [5, 5.41) is 4.58. The third kappa shape index (κ3) is 5.35. The Kier molecular flexibility index (Phi) is 8.01. The van der Waals surface area contributed by atoms with Gasteiger partial charge in [-0.05, 0) is 44.7 Å². The molecule has 1 aromatic heterocycles. The number of aryl methyl sites for hydroxylation is 1. The smallest absolute Gasteiger partial charge is 0.293 e. The van der Waals surface area contributed by atoms with Gasteiger partial charge in [-0.3, -0.25) is 14.5 Å². The molecule has 0 bridgehead atoms. The fraction of sp³-hybridized carbons (Fsp3) is 0.583. The first-order valence-electron chi connectivity index (χ1n) is 11.7. The molecule has 0 saturated carbocycles. The number of aromatic nitrogens is 3. The maximum absolute atomic E-state index is 13.2. The van der Waals surface area contributed by atoms with Crippen molar-refractivity contribution in [3.05, 3.63) is 41.5 Å². The zero-order valence-electron chi connectivity index (χ0n) is 20.0. The predicted octanol–water partition coefficient (Wildman–Crippen LogP) is 2.72. The van der Waals surface area contributed by atoms with Gasteiger partial charge >= 0.3 is 0 Å². The van der Waals surface area contributed by atoms with E-state index >= 15 is 0 Å². The Bertz CT molecular complexity index is 934. The molecule has 1 aliphatic rings. The highest BCUT2D eigenvalue weighted by atomic mass is 16.2. The van der Waals surface area contributed by atoms with E-state index in [1.165, 1.54) is 5.56 Å². The highest BCUT2D eigenvalue weighted by molar-refractivity contribution is 5.90. The molecular formula is C24H36N6O2. The maximum Gasteiger partial charge on any atom is 0.293 e. The molecule has 174 valence electrons. The number of amides is 2. The van der Waals surface area contributed by atoms with Gasteiger partial charge in [0.05, 0.1) is 12.2 Å². The van der Waals surface area contributed by atoms with Crippen molar-refractivity contribution in [3.63, 3.8) is 0 Å². The van der Waals surface area contributed by atoms with Gasteiger partial charge in [-0.25, -0.2) is 9.67 Å². The summed E-state index contributed by atoms with van der Waals surface area (Å²) < 4.78 is 1.77. The Morgan fingerprint density at radius 2 is 1.78 bits per heavy atom. The van der Waals surface area contributed by atoms with Crippen LogP contribution in [0.5, 0.6) is 0 Å². The Balaban J connectivity index is 1.70. The molecule has 8 heteroatoms. The number of nitrogens with zero attached hydrogens (tertiary/aromatic N) is 6. The molecule has 1 saturated heterocycles. The average Bonchev–Trinajstić information content (AvgIpc) is 3.01. The van der Waals surface area contributed by atoms with E-state index in [9.17, 15) is 9.59 Å². The average molecular weight is 441 g/mol. The van der Waals surface area contributed by atoms with Gasteiger partial charge in [0.2, 0.25) is 11.7 Å². The van der Waals surface area contributed by atoms with Crippen molar-refractivity contribution in [2.45, 2.75) is 47.0 Å². The van der Waals surface area contributed by atoms with Crippen LogP contribution in [0.15, 0.2) is 24.3 Å². The minimum Gasteiger partial charge on any atom is -0.342 e. The number of rotatable bonds is 7. The van der Waals surface area contributed by atoms with Crippen LogP contribution in [0.25, 0.3) is 5.69 Å². The molecule has 1 aliphatic heterocycles. The highest BCUT2D eigenvalue weighted by Crippen LogP contribution is 2.23. The summed E-state index contributed by atoms with van der Waals surface area (Å²) in [5.74, 6) is 1.27. The van der Waals surface area contributed by atoms with Gasteiger partial charge in [0.15, 0.2) is 0 Å². The van der Waals surface area contributed by atoms with Gasteiger partial charge in [0.1, 0.15) is 5.82 Å². The van der Waals surface area contributed by atoms with Gasteiger partial charge in [0, 0.05) is 39.3 Å². The number of para-hydroxylation sites is 1. The second kappa shape index (κ2) is 10.7. The lowest BCUT2D eigenvalue weighted by Crippen LogP contribution is -2.42. The van der Waals surface area contributed by atoms with Crippen LogP contribution in [0.2, 0.25) is 0 Å². The summed E-state index contributed by atoms with van der Waals surface area (Å²) in [6, 6.07) is 8.10. The molecule has 0 atom stereocenters. The number of likely N-dealkylation sites (N-methyl/N-ethyl adjacent to an activating group) is 1. The quantitative estimate of drug-likeness (QED) is 0.662. The summed E-state index contributed by atoms with van der Waals surface area (Å²) in [6.07, 6.45) is 0.827. The molecule has 1 fully saturated rings. The molecule has 1 aromatic carbocycles. The number of benzene rings is 1. The molecule has 32 heavy (non-hydrogen) atoms. The van der Waals surface area contributed by atoms with Crippen molar-refractivity contribution in [2.24, 2.45) is 0 Å². The minimum absolute atomic E-state index is 0.147. The molecule has 0 radical (unpaired) electrons. The van der Waals surface area contributed by atoms with Crippen molar-refractivity contribution in [1.29, 1.82) is 0 Å². The Labute approximate surface area is 191 Å². The number of hydrogen-bond donors (Lipinski definition) is 0. The number of carbonyl (C=O) groups is 2. The second-order valence-electron chi connectivity index (χ2n) is 8.60. The van der Waals surface area contributed by atoms with Crippen LogP contribution in [0.1, 0.15) is 62.0 Å². The van der Waals surface area contributed by atoms with Gasteiger partial charge in [0.25, 0.3) is 5.91 Å². The summed E-state index contributed by atoms with van der Waals surface area (Å²) in [4.78, 5) is 35.9. The molecule has 0 N–H and O–H groups in total. The molecule has 0 aliphatic carbocycles. The molecule has 2 aromatic rings. The first kappa shape index (κ1) is 23.9. The van der Waals surface area contributed by atoms with Crippen LogP contribution in [0, 0.1) is 6.92 Å². The first-order valence-corrected chi connectivity index (χ1v) is 11.7. The van der Waals surface area contributed by atoms with Crippen molar-refractivity contribution >= 4 is 11.8 Å². The summed E-state index contributed by atoms with van der Waals surface area (Å²) in [6.45, 7) is 14.7. The lowest BCUT2D eigenvalue weighted by Gasteiger charge is -2.25. The maximum atomic E-state index is 13.2. The van der Waals surface area contributed by atoms with Gasteiger partial charge in [-0.15, -0.1) is 5.10 Å². The van der Waals surface area contributed by atoms with E-state index in [2.05, 4.69) is 34.9 Å². The van der Waals surface area contributed by atoms with Crippen LogP contribution in [0.4, 0.5) is 0 Å². The van der Waals surface area contributed by atoms with Gasteiger partial charge < -0.3 is 9.80 Å². The summed E-state index contributed by atoms with van der Waals surface area (Å²) in [7, 11) is 0. The Morgan fingerprint density at radius 3 is 2.47 bits per heavy atom. The predicted molar refractivity (Wildman–Crippen MR) is 125 cm³/mol. The minimum atomic E-state index is -0.147.